The first-order valence-electron chi connectivity index (χ1n) is 7.47. The minimum absolute atomic E-state index is 0.0572. The van der Waals surface area contributed by atoms with Crippen molar-refractivity contribution in [2.75, 3.05) is 23.8 Å². The molecule has 0 atom stereocenters. The number of amides is 1. The fourth-order valence-electron chi connectivity index (χ4n) is 2.03. The Bertz CT molecular complexity index is 967. The maximum absolute atomic E-state index is 12.7. The highest BCUT2D eigenvalue weighted by molar-refractivity contribution is 7.92. The van der Waals surface area contributed by atoms with Crippen molar-refractivity contribution in [3.05, 3.63) is 45.4 Å². The summed E-state index contributed by atoms with van der Waals surface area (Å²) in [6, 6.07) is 6.55. The van der Waals surface area contributed by atoms with E-state index in [0.29, 0.717) is 0 Å². The van der Waals surface area contributed by atoms with E-state index in [1.807, 2.05) is 0 Å². The highest BCUT2D eigenvalue weighted by atomic mass is 35.5. The summed E-state index contributed by atoms with van der Waals surface area (Å²) < 4.78 is 37.6. The van der Waals surface area contributed by atoms with Gasteiger partial charge in [-0.2, -0.15) is 0 Å². The van der Waals surface area contributed by atoms with Crippen LogP contribution in [0.4, 0.5) is 16.2 Å². The third kappa shape index (κ3) is 5.32. The molecule has 0 aliphatic carbocycles. The van der Waals surface area contributed by atoms with Crippen LogP contribution in [0.3, 0.4) is 0 Å². The number of nitrogens with one attached hydrogen (secondary N) is 2. The molecule has 2 rings (SSSR count). The lowest BCUT2D eigenvalue weighted by atomic mass is 10.3. The molecule has 0 saturated heterocycles. The second kappa shape index (κ2) is 8.88. The Labute approximate surface area is 171 Å². The first-order valence-corrected chi connectivity index (χ1v) is 10.1. The van der Waals surface area contributed by atoms with Crippen molar-refractivity contribution in [3.63, 3.8) is 0 Å². The van der Waals surface area contributed by atoms with Gasteiger partial charge in [0, 0.05) is 0 Å². The van der Waals surface area contributed by atoms with Crippen molar-refractivity contribution in [1.82, 2.24) is 0 Å². The van der Waals surface area contributed by atoms with Crippen molar-refractivity contribution >= 4 is 62.3 Å². The highest BCUT2D eigenvalue weighted by Crippen LogP contribution is 2.34. The van der Waals surface area contributed by atoms with E-state index >= 15 is 0 Å². The molecule has 0 aromatic heterocycles. The number of rotatable bonds is 6. The summed E-state index contributed by atoms with van der Waals surface area (Å²) in [5.74, 6) is 0.259. The quantitative estimate of drug-likeness (QED) is 0.599. The topological polar surface area (TPSA) is 93.7 Å². The van der Waals surface area contributed by atoms with Gasteiger partial charge in [-0.25, -0.2) is 13.2 Å². The third-order valence-electron chi connectivity index (χ3n) is 3.25. The lowest BCUT2D eigenvalue weighted by molar-refractivity contribution is 0.168. The second-order valence-corrected chi connectivity index (χ2v) is 7.96. The minimum atomic E-state index is -4.04. The minimum Gasteiger partial charge on any atom is -0.495 e. The molecule has 0 heterocycles. The molecule has 0 radical (unpaired) electrons. The number of anilines is 2. The Morgan fingerprint density at radius 3 is 2.33 bits per heavy atom. The van der Waals surface area contributed by atoms with Crippen LogP contribution in [0.1, 0.15) is 6.92 Å². The van der Waals surface area contributed by atoms with E-state index in [4.69, 9.17) is 44.3 Å². The van der Waals surface area contributed by atoms with Crippen LogP contribution in [-0.4, -0.2) is 28.2 Å². The molecule has 2 N–H and O–H groups in total. The normalized spacial score (nSPS) is 11.0. The Balaban J connectivity index is 2.38. The van der Waals surface area contributed by atoms with Crippen molar-refractivity contribution in [2.45, 2.75) is 11.8 Å². The predicted octanol–water partition coefficient (Wildman–Crippen LogP) is 5.02. The van der Waals surface area contributed by atoms with Gasteiger partial charge in [0.15, 0.2) is 0 Å². The van der Waals surface area contributed by atoms with Crippen LogP contribution in [0.5, 0.6) is 5.75 Å². The fourth-order valence-corrected chi connectivity index (χ4v) is 3.78. The number of hydrogen-bond acceptors (Lipinski definition) is 5. The zero-order valence-electron chi connectivity index (χ0n) is 14.2. The Morgan fingerprint density at radius 1 is 1.04 bits per heavy atom. The van der Waals surface area contributed by atoms with E-state index in [1.165, 1.54) is 37.4 Å². The smallest absolute Gasteiger partial charge is 0.411 e. The maximum Gasteiger partial charge on any atom is 0.411 e. The zero-order chi connectivity index (χ0) is 20.2. The molecule has 0 saturated carbocycles. The van der Waals surface area contributed by atoms with Gasteiger partial charge in [-0.05, 0) is 37.3 Å². The molecule has 0 unspecified atom stereocenters. The largest absolute Gasteiger partial charge is 0.495 e. The average Bonchev–Trinajstić information content (AvgIpc) is 2.59. The maximum atomic E-state index is 12.7. The molecule has 27 heavy (non-hydrogen) atoms. The standard InChI is InChI=1S/C16H15Cl3N2O5S/c1-3-26-16(22)20-14-6-9(4-5-15(14)25-2)27(23,24)21-13-8-11(18)10(17)7-12(13)19/h4-8,21H,3H2,1-2H3,(H,20,22). The SMILES string of the molecule is CCOC(=O)Nc1cc(S(=O)(=O)Nc2cc(Cl)c(Cl)cc2Cl)ccc1OC. The predicted molar refractivity (Wildman–Crippen MR) is 106 cm³/mol. The van der Waals surface area contributed by atoms with E-state index in [0.717, 1.165) is 0 Å². The molecule has 2 aromatic rings. The van der Waals surface area contributed by atoms with Gasteiger partial charge in [0.05, 0.1) is 45.1 Å². The van der Waals surface area contributed by atoms with E-state index in [-0.39, 0.29) is 43.7 Å². The van der Waals surface area contributed by atoms with Crippen LogP contribution < -0.4 is 14.8 Å². The number of sulfonamides is 1. The number of ether oxygens (including phenoxy) is 2. The molecule has 0 spiro atoms. The monoisotopic (exact) mass is 452 g/mol. The summed E-state index contributed by atoms with van der Waals surface area (Å²) in [5, 5.41) is 2.83. The highest BCUT2D eigenvalue weighted by Gasteiger charge is 2.20. The molecule has 7 nitrogen and oxygen atoms in total. The van der Waals surface area contributed by atoms with Gasteiger partial charge >= 0.3 is 6.09 Å². The number of carbonyl (C=O) groups is 1. The van der Waals surface area contributed by atoms with Gasteiger partial charge < -0.3 is 9.47 Å². The van der Waals surface area contributed by atoms with Crippen LogP contribution in [0.25, 0.3) is 0 Å². The molecule has 0 aliphatic heterocycles. The molecule has 146 valence electrons. The number of methoxy groups -OCH3 is 1. The molecular weight excluding hydrogens is 439 g/mol. The molecule has 11 heteroatoms. The van der Waals surface area contributed by atoms with Gasteiger partial charge in [0.25, 0.3) is 10.0 Å². The Hall–Kier alpha value is -1.87. The molecule has 0 bridgehead atoms. The van der Waals surface area contributed by atoms with Crippen LogP contribution in [-0.2, 0) is 14.8 Å². The van der Waals surface area contributed by atoms with E-state index in [9.17, 15) is 13.2 Å². The molecule has 0 fully saturated rings. The average molecular weight is 454 g/mol. The lowest BCUT2D eigenvalue weighted by Gasteiger charge is -2.14. The molecule has 2 aromatic carbocycles. The first-order chi connectivity index (χ1) is 12.7. The number of benzene rings is 2. The van der Waals surface area contributed by atoms with Crippen LogP contribution in [0.2, 0.25) is 15.1 Å². The van der Waals surface area contributed by atoms with Gasteiger partial charge in [-0.15, -0.1) is 0 Å². The van der Waals surface area contributed by atoms with Crippen LogP contribution in [0.15, 0.2) is 35.2 Å². The second-order valence-electron chi connectivity index (χ2n) is 5.06. The third-order valence-corrected chi connectivity index (χ3v) is 5.65. The summed E-state index contributed by atoms with van der Waals surface area (Å²) in [5.41, 5.74) is 0.181. The number of halogens is 3. The summed E-state index contributed by atoms with van der Waals surface area (Å²) in [6.45, 7) is 1.80. The van der Waals surface area contributed by atoms with Crippen molar-refractivity contribution in [2.24, 2.45) is 0 Å². The van der Waals surface area contributed by atoms with Gasteiger partial charge in [-0.3, -0.25) is 10.0 Å². The molecule has 1 amide bonds. The van der Waals surface area contributed by atoms with Crippen molar-refractivity contribution < 1.29 is 22.7 Å². The molecule has 0 aliphatic rings. The zero-order valence-corrected chi connectivity index (χ0v) is 17.3. The first kappa shape index (κ1) is 21.4. The summed E-state index contributed by atoms with van der Waals surface area (Å²) in [7, 11) is -2.66. The van der Waals surface area contributed by atoms with E-state index < -0.39 is 16.1 Å². The summed E-state index contributed by atoms with van der Waals surface area (Å²) in [4.78, 5) is 11.5. The lowest BCUT2D eigenvalue weighted by Crippen LogP contribution is -2.16. The van der Waals surface area contributed by atoms with E-state index in [2.05, 4.69) is 10.0 Å². The van der Waals surface area contributed by atoms with E-state index in [1.54, 1.807) is 6.92 Å². The van der Waals surface area contributed by atoms with Gasteiger partial charge in [-0.1, -0.05) is 34.8 Å². The molecular formula is C16H15Cl3N2O5S. The van der Waals surface area contributed by atoms with Crippen molar-refractivity contribution in [3.8, 4) is 5.75 Å². The van der Waals surface area contributed by atoms with Gasteiger partial charge in [0.1, 0.15) is 5.75 Å². The van der Waals surface area contributed by atoms with Crippen LogP contribution >= 0.6 is 34.8 Å². The summed E-state index contributed by atoms with van der Waals surface area (Å²) >= 11 is 17.8. The number of carbonyl (C=O) groups excluding carboxylic acids is 1. The summed E-state index contributed by atoms with van der Waals surface area (Å²) in [6.07, 6.45) is -0.745. The Morgan fingerprint density at radius 2 is 1.70 bits per heavy atom. The van der Waals surface area contributed by atoms with Crippen LogP contribution in [0, 0.1) is 0 Å². The van der Waals surface area contributed by atoms with Crippen molar-refractivity contribution in [1.29, 1.82) is 0 Å². The number of hydrogen-bond donors (Lipinski definition) is 2. The fraction of sp³-hybridized carbons (Fsp3) is 0.188. The Kier molecular flexibility index (Phi) is 7.05. The van der Waals surface area contributed by atoms with Gasteiger partial charge in [0.2, 0.25) is 0 Å².